The zero-order valence-corrected chi connectivity index (χ0v) is 7.94. The molecule has 0 aromatic carbocycles. The fourth-order valence-electron chi connectivity index (χ4n) is 0.997. The third-order valence-electron chi connectivity index (χ3n) is 1.60. The van der Waals surface area contributed by atoms with E-state index in [1.54, 1.807) is 10.9 Å². The molecule has 0 aliphatic heterocycles. The lowest BCUT2D eigenvalue weighted by Crippen LogP contribution is -1.97. The van der Waals surface area contributed by atoms with E-state index in [0.29, 0.717) is 0 Å². The van der Waals surface area contributed by atoms with Gasteiger partial charge in [0.2, 0.25) is 0 Å². The van der Waals surface area contributed by atoms with Gasteiger partial charge in [-0.1, -0.05) is 0 Å². The van der Waals surface area contributed by atoms with Crippen molar-refractivity contribution in [1.29, 1.82) is 0 Å². The first kappa shape index (κ1) is 9.51. The van der Waals surface area contributed by atoms with Gasteiger partial charge < -0.3 is 4.74 Å². The average Bonchev–Trinajstić information content (AvgIpc) is 2.41. The summed E-state index contributed by atoms with van der Waals surface area (Å²) in [5.41, 5.74) is 1.91. The first-order valence-corrected chi connectivity index (χ1v) is 3.92. The molecule has 0 saturated heterocycles. The number of carbonyl (C=O) groups is 1. The number of aryl methyl sites for hydroxylation is 2. The van der Waals surface area contributed by atoms with E-state index in [9.17, 15) is 4.79 Å². The van der Waals surface area contributed by atoms with Crippen molar-refractivity contribution >= 4 is 12.2 Å². The van der Waals surface area contributed by atoms with Gasteiger partial charge in [-0.05, 0) is 19.9 Å². The summed E-state index contributed by atoms with van der Waals surface area (Å²) >= 11 is 0. The largest absolute Gasteiger partial charge is 0.466 e. The number of hydrogen-bond acceptors (Lipinski definition) is 3. The van der Waals surface area contributed by atoms with Crippen molar-refractivity contribution in [3.63, 3.8) is 0 Å². The molecule has 1 rings (SSSR count). The van der Waals surface area contributed by atoms with E-state index in [1.807, 2.05) is 19.9 Å². The Labute approximate surface area is 76.8 Å². The summed E-state index contributed by atoms with van der Waals surface area (Å²) in [4.78, 5) is 10.8. The number of hydrogen-bond donors (Lipinski definition) is 0. The normalized spacial score (nSPS) is 10.7. The Morgan fingerprint density at radius 1 is 1.62 bits per heavy atom. The van der Waals surface area contributed by atoms with Crippen molar-refractivity contribution in [2.24, 2.45) is 0 Å². The fourth-order valence-corrected chi connectivity index (χ4v) is 0.997. The average molecular weight is 180 g/mol. The van der Waals surface area contributed by atoms with Crippen LogP contribution in [0.5, 0.6) is 0 Å². The summed E-state index contributed by atoms with van der Waals surface area (Å²) in [5.74, 6) is -0.382. The second-order valence-electron chi connectivity index (χ2n) is 2.71. The summed E-state index contributed by atoms with van der Waals surface area (Å²) in [5, 5.41) is 4.14. The van der Waals surface area contributed by atoms with Gasteiger partial charge in [0.25, 0.3) is 0 Å². The topological polar surface area (TPSA) is 44.1 Å². The lowest BCUT2D eigenvalue weighted by Gasteiger charge is -1.94. The first-order chi connectivity index (χ1) is 6.13. The van der Waals surface area contributed by atoms with Gasteiger partial charge in [0.1, 0.15) is 0 Å². The molecule has 0 unspecified atom stereocenters. The highest BCUT2D eigenvalue weighted by molar-refractivity contribution is 5.84. The van der Waals surface area contributed by atoms with Crippen molar-refractivity contribution in [3.8, 4) is 0 Å². The van der Waals surface area contributed by atoms with Gasteiger partial charge >= 0.3 is 5.97 Å². The van der Waals surface area contributed by atoms with E-state index in [4.69, 9.17) is 0 Å². The third-order valence-corrected chi connectivity index (χ3v) is 1.60. The van der Waals surface area contributed by atoms with Crippen LogP contribution >= 0.6 is 0 Å². The fraction of sp³-hybridized carbons (Fsp3) is 0.333. The maximum Gasteiger partial charge on any atom is 0.332 e. The molecule has 0 saturated carbocycles. The number of nitrogens with zero attached hydrogens (tertiary/aromatic N) is 2. The van der Waals surface area contributed by atoms with Crippen molar-refractivity contribution in [1.82, 2.24) is 9.78 Å². The van der Waals surface area contributed by atoms with Gasteiger partial charge in [-0.25, -0.2) is 9.48 Å². The number of carbonyl (C=O) groups excluding carboxylic acids is 1. The van der Waals surface area contributed by atoms with E-state index in [1.165, 1.54) is 13.2 Å². The molecule has 4 heteroatoms. The predicted octanol–water partition coefficient (Wildman–Crippen LogP) is 1.14. The number of rotatable bonds is 2. The van der Waals surface area contributed by atoms with Gasteiger partial charge in [-0.2, -0.15) is 5.10 Å². The second-order valence-corrected chi connectivity index (χ2v) is 2.71. The minimum Gasteiger partial charge on any atom is -0.466 e. The van der Waals surface area contributed by atoms with Crippen molar-refractivity contribution in [2.75, 3.05) is 7.11 Å². The third kappa shape index (κ3) is 2.43. The van der Waals surface area contributed by atoms with E-state index in [-0.39, 0.29) is 5.97 Å². The van der Waals surface area contributed by atoms with Gasteiger partial charge in [0, 0.05) is 18.0 Å². The smallest absolute Gasteiger partial charge is 0.332 e. The van der Waals surface area contributed by atoms with Crippen LogP contribution in [0.1, 0.15) is 11.4 Å². The highest BCUT2D eigenvalue weighted by Crippen LogP contribution is 2.01. The van der Waals surface area contributed by atoms with Crippen LogP contribution in [0.25, 0.3) is 6.20 Å². The molecule has 0 fully saturated rings. The molecular formula is C9H12N2O2. The van der Waals surface area contributed by atoms with Crippen molar-refractivity contribution < 1.29 is 9.53 Å². The molecule has 1 aromatic rings. The zero-order chi connectivity index (χ0) is 9.84. The Balaban J connectivity index is 2.79. The molecule has 0 radical (unpaired) electrons. The summed E-state index contributed by atoms with van der Waals surface area (Å²) < 4.78 is 6.08. The molecule has 0 N–H and O–H groups in total. The minimum absolute atomic E-state index is 0.382. The van der Waals surface area contributed by atoms with Gasteiger partial charge in [-0.3, -0.25) is 0 Å². The summed E-state index contributed by atoms with van der Waals surface area (Å²) in [6, 6.07) is 1.93. The lowest BCUT2D eigenvalue weighted by molar-refractivity contribution is -0.134. The monoisotopic (exact) mass is 180 g/mol. The van der Waals surface area contributed by atoms with Crippen LogP contribution in [0, 0.1) is 13.8 Å². The molecule has 0 bridgehead atoms. The number of esters is 1. The summed E-state index contributed by atoms with van der Waals surface area (Å²) in [7, 11) is 1.34. The molecule has 4 nitrogen and oxygen atoms in total. The molecule has 0 spiro atoms. The van der Waals surface area contributed by atoms with Gasteiger partial charge in [-0.15, -0.1) is 0 Å². The second kappa shape index (κ2) is 3.89. The zero-order valence-electron chi connectivity index (χ0n) is 7.94. The highest BCUT2D eigenvalue weighted by Gasteiger charge is 1.97. The van der Waals surface area contributed by atoms with Crippen LogP contribution in [0.2, 0.25) is 0 Å². The van der Waals surface area contributed by atoms with E-state index in [2.05, 4.69) is 9.84 Å². The highest BCUT2D eigenvalue weighted by atomic mass is 16.5. The van der Waals surface area contributed by atoms with E-state index < -0.39 is 0 Å². The number of ether oxygens (including phenoxy) is 1. The molecule has 70 valence electrons. The first-order valence-electron chi connectivity index (χ1n) is 3.92. The summed E-state index contributed by atoms with van der Waals surface area (Å²) in [6.45, 7) is 3.82. The lowest BCUT2D eigenvalue weighted by atomic mass is 10.4. The van der Waals surface area contributed by atoms with Gasteiger partial charge in [0.05, 0.1) is 12.8 Å². The van der Waals surface area contributed by atoms with Crippen LogP contribution in [0.3, 0.4) is 0 Å². The molecule has 1 heterocycles. The quantitative estimate of drug-likeness (QED) is 0.506. The standard InChI is InChI=1S/C9H12N2O2/c1-7-6-8(2)11(10-7)5-4-9(12)13-3/h4-6H,1-3H3/b5-4+. The molecule has 0 aliphatic carbocycles. The summed E-state index contributed by atoms with van der Waals surface area (Å²) in [6.07, 6.45) is 2.91. The molecular weight excluding hydrogens is 168 g/mol. The van der Waals surface area contributed by atoms with E-state index >= 15 is 0 Å². The SMILES string of the molecule is COC(=O)/C=C/n1nc(C)cc1C. The van der Waals surface area contributed by atoms with E-state index in [0.717, 1.165) is 11.4 Å². The number of methoxy groups -OCH3 is 1. The van der Waals surface area contributed by atoms with Crippen LogP contribution in [-0.2, 0) is 9.53 Å². The van der Waals surface area contributed by atoms with Crippen molar-refractivity contribution in [2.45, 2.75) is 13.8 Å². The van der Waals surface area contributed by atoms with Crippen molar-refractivity contribution in [3.05, 3.63) is 23.5 Å². The molecule has 13 heavy (non-hydrogen) atoms. The molecule has 1 aromatic heterocycles. The Morgan fingerprint density at radius 2 is 2.31 bits per heavy atom. The molecule has 0 atom stereocenters. The number of aromatic nitrogens is 2. The van der Waals surface area contributed by atoms with Gasteiger partial charge in [0.15, 0.2) is 0 Å². The van der Waals surface area contributed by atoms with Crippen LogP contribution in [0.15, 0.2) is 12.1 Å². The Morgan fingerprint density at radius 3 is 2.77 bits per heavy atom. The molecule has 0 amide bonds. The Bertz CT molecular complexity index is 339. The van der Waals surface area contributed by atoms with Crippen LogP contribution in [-0.4, -0.2) is 22.9 Å². The maximum absolute atomic E-state index is 10.8. The maximum atomic E-state index is 10.8. The molecule has 0 aliphatic rings. The Hall–Kier alpha value is -1.58. The van der Waals surface area contributed by atoms with Crippen LogP contribution < -0.4 is 0 Å². The Kier molecular flexibility index (Phi) is 2.84. The predicted molar refractivity (Wildman–Crippen MR) is 49.0 cm³/mol. The van der Waals surface area contributed by atoms with Crippen LogP contribution in [0.4, 0.5) is 0 Å². The minimum atomic E-state index is -0.382.